The highest BCUT2D eigenvalue weighted by Crippen LogP contribution is 2.40. The Balaban J connectivity index is 0.000000286. The first-order valence-corrected chi connectivity index (χ1v) is 23.1. The monoisotopic (exact) mass is 958 g/mol. The summed E-state index contributed by atoms with van der Waals surface area (Å²) in [6.45, 7) is 2.23. The third-order valence-corrected chi connectivity index (χ3v) is 15.2. The van der Waals surface area contributed by atoms with Gasteiger partial charge in [0.05, 0.1) is 9.79 Å². The molecule has 11 nitrogen and oxygen atoms in total. The van der Waals surface area contributed by atoms with E-state index >= 15 is 0 Å². The normalized spacial score (nSPS) is 14.8. The van der Waals surface area contributed by atoms with Gasteiger partial charge in [-0.3, -0.25) is 8.37 Å². The van der Waals surface area contributed by atoms with Gasteiger partial charge >= 0.3 is 12.4 Å². The van der Waals surface area contributed by atoms with Gasteiger partial charge in [0.25, 0.3) is 25.7 Å². The molecule has 0 saturated carbocycles. The minimum absolute atomic E-state index is 0.0155. The zero-order valence-electron chi connectivity index (χ0n) is 27.6. The Morgan fingerprint density at radius 1 is 0.698 bits per heavy atom. The predicted octanol–water partition coefficient (Wildman–Crippen LogP) is 5.97. The van der Waals surface area contributed by atoms with Gasteiger partial charge in [-0.1, -0.05) is 31.9 Å². The van der Waals surface area contributed by atoms with Crippen molar-refractivity contribution in [2.24, 2.45) is 0 Å². The van der Waals surface area contributed by atoms with Crippen LogP contribution in [0.15, 0.2) is 91.5 Å². The van der Waals surface area contributed by atoms with Crippen LogP contribution < -0.4 is 26.2 Å². The maximum atomic E-state index is 13.2. The number of halogens is 8. The molecule has 0 aliphatic carbocycles. The Hall–Kier alpha value is -2.64. The van der Waals surface area contributed by atoms with Crippen LogP contribution in [0.25, 0.3) is 0 Å². The molecule has 4 aromatic rings. The molecule has 0 spiro atoms. The van der Waals surface area contributed by atoms with Crippen molar-refractivity contribution < 1.29 is 65.4 Å². The van der Waals surface area contributed by atoms with Gasteiger partial charge in [-0.25, -0.2) is 4.98 Å². The summed E-state index contributed by atoms with van der Waals surface area (Å²) in [5.74, 6) is 0. The summed E-state index contributed by atoms with van der Waals surface area (Å²) in [6.07, 6.45) is -9.57. The quantitative estimate of drug-likeness (QED) is 0.0610. The van der Waals surface area contributed by atoms with E-state index in [1.165, 1.54) is 50.6 Å². The first-order valence-electron chi connectivity index (χ1n) is 14.4. The van der Waals surface area contributed by atoms with Crippen molar-refractivity contribution in [2.45, 2.75) is 36.0 Å². The number of aryl methyl sites for hydroxylation is 2. The first kappa shape index (κ1) is 44.8. The van der Waals surface area contributed by atoms with Crippen LogP contribution in [0.3, 0.4) is 0 Å². The van der Waals surface area contributed by atoms with Crippen LogP contribution in [0.1, 0.15) is 11.4 Å². The largest absolute Gasteiger partial charge is 0.618 e. The zero-order valence-corrected chi connectivity index (χ0v) is 34.2. The Morgan fingerprint density at radius 3 is 1.49 bits per heavy atom. The van der Waals surface area contributed by atoms with Gasteiger partial charge < -0.3 is 14.3 Å². The zero-order chi connectivity index (χ0) is 40.4. The average Bonchev–Trinajstić information content (AvgIpc) is 3.04. The smallest absolute Gasteiger partial charge is 0.413 e. The van der Waals surface area contributed by atoms with Gasteiger partial charge in [0.2, 0.25) is 7.14 Å². The maximum absolute atomic E-state index is 13.2. The molecule has 2 heterocycles. The molecule has 2 aromatic carbocycles. The lowest BCUT2D eigenvalue weighted by Gasteiger charge is -2.15. The molecule has 0 radical (unpaired) electrons. The third kappa shape index (κ3) is 12.2. The molecule has 2 unspecified atom stereocenters. The van der Waals surface area contributed by atoms with E-state index in [0.717, 1.165) is 24.3 Å². The fourth-order valence-corrected chi connectivity index (χ4v) is 11.1. The van der Waals surface area contributed by atoms with Crippen molar-refractivity contribution in [2.75, 3.05) is 26.5 Å². The van der Waals surface area contributed by atoms with Gasteiger partial charge in [0, 0.05) is 51.0 Å². The minimum Gasteiger partial charge on any atom is -0.618 e. The van der Waals surface area contributed by atoms with E-state index in [1.807, 2.05) is 0 Å². The summed E-state index contributed by atoms with van der Waals surface area (Å²) < 4.78 is 156. The summed E-state index contributed by atoms with van der Waals surface area (Å²) >= 11 is 6.52. The second-order valence-electron chi connectivity index (χ2n) is 11.3. The van der Waals surface area contributed by atoms with Crippen molar-refractivity contribution in [3.05, 3.63) is 98.3 Å². The highest BCUT2D eigenvalue weighted by Gasteiger charge is 2.34. The van der Waals surface area contributed by atoms with Crippen LogP contribution in [0.2, 0.25) is 0 Å². The number of nitrogens with zero attached hydrogens (tertiary/aromatic N) is 2. The predicted molar refractivity (Wildman–Crippen MR) is 191 cm³/mol. The number of benzene rings is 2. The van der Waals surface area contributed by atoms with E-state index in [1.54, 1.807) is 25.1 Å². The highest BCUT2D eigenvalue weighted by atomic mass is 79.9. The SMILES string of the molecule is Cc1cc(Br)cc(P(C)(=O)c2ccc(S(=O)(=O)OCC(F)(F)F)cc2)[n+]1[O-].Cc1cc(Br)cc(P(C)(=O)c2ccc(S(=O)(=O)OCC(F)(F)F)cc2)n1. The molecule has 0 amide bonds. The standard InChI is InChI=1S/C15H14BrF3NO5PS.C15H14BrF3NO4PS/c1-10-7-11(16)8-14(20(10)21)26(2,22)12-3-5-13(6-4-12)27(23,24)25-9-15(17,18)19;1-10-7-11(16)8-14(20-10)25(2,21)12-3-5-13(6-4-12)26(22,23)24-9-15(17,18)19/h3-8H,9H2,1-2H3;3-8H,9H2,1-2H3. The molecule has 0 saturated heterocycles. The Bertz CT molecular complexity index is 2270. The number of hydrogen-bond acceptors (Lipinski definition) is 10. The van der Waals surface area contributed by atoms with Crippen molar-refractivity contribution in [1.29, 1.82) is 0 Å². The molecule has 290 valence electrons. The summed E-state index contributed by atoms with van der Waals surface area (Å²) in [6, 6.07) is 15.3. The lowest BCUT2D eigenvalue weighted by molar-refractivity contribution is -0.593. The van der Waals surface area contributed by atoms with Crippen LogP contribution in [0, 0.1) is 19.1 Å². The molecule has 0 N–H and O–H groups in total. The summed E-state index contributed by atoms with van der Waals surface area (Å²) in [5.41, 5.74) is 1.27. The molecule has 0 fully saturated rings. The Morgan fingerprint density at radius 2 is 1.09 bits per heavy atom. The van der Waals surface area contributed by atoms with E-state index in [2.05, 4.69) is 45.2 Å². The molecule has 2 atom stereocenters. The molecule has 0 aliphatic rings. The van der Waals surface area contributed by atoms with E-state index in [0.29, 0.717) is 35.8 Å². The topological polar surface area (TPSA) is 161 Å². The van der Waals surface area contributed by atoms with E-state index in [9.17, 15) is 57.5 Å². The second-order valence-corrected chi connectivity index (χ2v) is 22.0. The summed E-state index contributed by atoms with van der Waals surface area (Å²) in [7, 11) is -15.7. The maximum Gasteiger partial charge on any atom is 0.413 e. The summed E-state index contributed by atoms with van der Waals surface area (Å²) in [5, 5.41) is 12.7. The van der Waals surface area contributed by atoms with Gasteiger partial charge in [0.15, 0.2) is 26.0 Å². The van der Waals surface area contributed by atoms with E-state index in [-0.39, 0.29) is 10.7 Å². The molecule has 0 bridgehead atoms. The third-order valence-electron chi connectivity index (χ3n) is 6.91. The van der Waals surface area contributed by atoms with Crippen LogP contribution in [-0.2, 0) is 37.7 Å². The van der Waals surface area contributed by atoms with Gasteiger partial charge in [0.1, 0.15) is 5.44 Å². The molecular weight excluding hydrogens is 932 g/mol. The van der Waals surface area contributed by atoms with Crippen LogP contribution >= 0.6 is 46.1 Å². The number of aromatic nitrogens is 2. The molecule has 53 heavy (non-hydrogen) atoms. The van der Waals surface area contributed by atoms with Crippen molar-refractivity contribution in [3.8, 4) is 0 Å². The Labute approximate surface area is 317 Å². The molecular formula is C30H28Br2F6N2O9P2S2. The van der Waals surface area contributed by atoms with Crippen molar-refractivity contribution in [3.63, 3.8) is 0 Å². The van der Waals surface area contributed by atoms with Gasteiger partial charge in [-0.15, -0.1) is 0 Å². The highest BCUT2D eigenvalue weighted by molar-refractivity contribution is 9.10. The van der Waals surface area contributed by atoms with Crippen molar-refractivity contribution >= 4 is 87.9 Å². The number of alkyl halides is 6. The number of hydrogen-bond donors (Lipinski definition) is 0. The molecule has 23 heteroatoms. The Kier molecular flexibility index (Phi) is 14.0. The van der Waals surface area contributed by atoms with Crippen molar-refractivity contribution in [1.82, 2.24) is 4.98 Å². The second kappa shape index (κ2) is 16.6. The fourth-order valence-electron chi connectivity index (χ4n) is 4.27. The van der Waals surface area contributed by atoms with Crippen LogP contribution in [-0.4, -0.2) is 60.7 Å². The van der Waals surface area contributed by atoms with E-state index < -0.39 is 69.9 Å². The van der Waals surface area contributed by atoms with Gasteiger partial charge in [-0.05, 0) is 74.3 Å². The lowest BCUT2D eigenvalue weighted by atomic mass is 10.4. The number of pyridine rings is 2. The summed E-state index contributed by atoms with van der Waals surface area (Å²) in [4.78, 5) is 3.28. The van der Waals surface area contributed by atoms with Crippen LogP contribution in [0.4, 0.5) is 26.3 Å². The lowest BCUT2D eigenvalue weighted by Crippen LogP contribution is -2.47. The molecule has 2 aromatic heterocycles. The first-order chi connectivity index (χ1) is 24.0. The fraction of sp³-hybridized carbons (Fsp3) is 0.267. The van der Waals surface area contributed by atoms with Gasteiger partial charge in [-0.2, -0.15) is 47.9 Å². The molecule has 4 rings (SSSR count). The molecule has 0 aliphatic heterocycles. The van der Waals surface area contributed by atoms with E-state index in [4.69, 9.17) is 0 Å². The minimum atomic E-state index is -4.80. The number of rotatable bonds is 10. The average molecular weight is 960 g/mol. The van der Waals surface area contributed by atoms with Crippen LogP contribution in [0.5, 0.6) is 0 Å².